The van der Waals surface area contributed by atoms with E-state index in [1.54, 1.807) is 23.8 Å². The molecule has 11 heteroatoms. The van der Waals surface area contributed by atoms with Gasteiger partial charge in [-0.25, -0.2) is 4.79 Å². The molecule has 0 N–H and O–H groups in total. The van der Waals surface area contributed by atoms with E-state index >= 15 is 0 Å². The molecule has 3 saturated heterocycles. The monoisotopic (exact) mass is 517 g/mol. The number of carbonyl (C=O) groups is 2. The lowest BCUT2D eigenvalue weighted by Crippen LogP contribution is -2.51. The van der Waals surface area contributed by atoms with Crippen LogP contribution < -0.4 is 9.64 Å². The molecule has 4 heterocycles. The molecular formula is C25H35N5O5S. The summed E-state index contributed by atoms with van der Waals surface area (Å²) in [4.78, 5) is 34.6. The summed E-state index contributed by atoms with van der Waals surface area (Å²) in [5.74, 6) is 3.27. The number of nitrogens with zero attached hydrogens (tertiary/aromatic N) is 5. The first-order valence-corrected chi connectivity index (χ1v) is 13.7. The number of benzene rings is 1. The minimum atomic E-state index is -0.610. The zero-order valence-corrected chi connectivity index (χ0v) is 22.3. The Balaban J connectivity index is 1.27. The maximum absolute atomic E-state index is 13.3. The van der Waals surface area contributed by atoms with E-state index in [1.807, 2.05) is 43.9 Å². The van der Waals surface area contributed by atoms with Gasteiger partial charge in [0.1, 0.15) is 17.4 Å². The molecule has 1 aromatic carbocycles. The van der Waals surface area contributed by atoms with Gasteiger partial charge in [-0.15, -0.1) is 11.8 Å². The van der Waals surface area contributed by atoms with Crippen LogP contribution in [0.4, 0.5) is 10.6 Å². The molecule has 5 rings (SSSR count). The molecule has 10 nitrogen and oxygen atoms in total. The zero-order chi connectivity index (χ0) is 25.4. The second-order valence-electron chi connectivity index (χ2n) is 10.6. The molecule has 1 aromatic heterocycles. The van der Waals surface area contributed by atoms with Gasteiger partial charge in [0, 0.05) is 51.1 Å². The Bertz CT molecular complexity index is 1100. The SMILES string of the molecule is COc1ccc2onc(N3CCN([C@H]4C[C@@H](C(=O)N5CCSC5)N(C(=O)OC(C)(C)C)C4)CC3)c2c1. The number of piperazine rings is 1. The first-order chi connectivity index (χ1) is 17.2. The molecule has 0 saturated carbocycles. The van der Waals surface area contributed by atoms with Crippen LogP contribution in [0.15, 0.2) is 22.7 Å². The second-order valence-corrected chi connectivity index (χ2v) is 11.6. The van der Waals surface area contributed by atoms with E-state index in [0.29, 0.717) is 18.8 Å². The first kappa shape index (κ1) is 25.0. The van der Waals surface area contributed by atoms with Gasteiger partial charge in [-0.2, -0.15) is 0 Å². The number of hydrogen-bond donors (Lipinski definition) is 0. The molecule has 0 bridgehead atoms. The topological polar surface area (TPSA) is 91.6 Å². The molecular weight excluding hydrogens is 482 g/mol. The summed E-state index contributed by atoms with van der Waals surface area (Å²) in [7, 11) is 1.65. The van der Waals surface area contributed by atoms with E-state index < -0.39 is 17.7 Å². The third kappa shape index (κ3) is 5.08. The van der Waals surface area contributed by atoms with Crippen molar-refractivity contribution in [3.05, 3.63) is 18.2 Å². The molecule has 2 aromatic rings. The van der Waals surface area contributed by atoms with Gasteiger partial charge in [0.25, 0.3) is 0 Å². The molecule has 2 atom stereocenters. The van der Waals surface area contributed by atoms with Gasteiger partial charge in [-0.05, 0) is 45.4 Å². The van der Waals surface area contributed by atoms with Gasteiger partial charge in [0.2, 0.25) is 5.91 Å². The summed E-state index contributed by atoms with van der Waals surface area (Å²) in [5.41, 5.74) is 0.125. The third-order valence-corrected chi connectivity index (χ3v) is 8.01. The molecule has 3 aliphatic heterocycles. The van der Waals surface area contributed by atoms with Crippen molar-refractivity contribution in [2.45, 2.75) is 44.9 Å². The summed E-state index contributed by atoms with van der Waals surface area (Å²) in [6.07, 6.45) is 0.223. The van der Waals surface area contributed by atoms with E-state index in [0.717, 1.165) is 61.0 Å². The lowest BCUT2D eigenvalue weighted by molar-refractivity contribution is -0.134. The largest absolute Gasteiger partial charge is 0.497 e. The number of likely N-dealkylation sites (tertiary alicyclic amines) is 1. The molecule has 3 fully saturated rings. The summed E-state index contributed by atoms with van der Waals surface area (Å²) < 4.78 is 16.6. The van der Waals surface area contributed by atoms with Crippen molar-refractivity contribution in [3.8, 4) is 5.75 Å². The summed E-state index contributed by atoms with van der Waals surface area (Å²) >= 11 is 1.75. The van der Waals surface area contributed by atoms with E-state index in [-0.39, 0.29) is 11.9 Å². The number of thioether (sulfide) groups is 1. The molecule has 0 radical (unpaired) electrons. The maximum atomic E-state index is 13.3. The number of rotatable bonds is 4. The van der Waals surface area contributed by atoms with E-state index in [1.165, 1.54) is 0 Å². The minimum absolute atomic E-state index is 0.0370. The molecule has 0 spiro atoms. The van der Waals surface area contributed by atoms with Crippen molar-refractivity contribution in [2.75, 3.05) is 62.9 Å². The van der Waals surface area contributed by atoms with Crippen LogP contribution in [0.25, 0.3) is 11.0 Å². The van der Waals surface area contributed by atoms with Crippen LogP contribution in [0.3, 0.4) is 0 Å². The van der Waals surface area contributed by atoms with Crippen LogP contribution in [-0.4, -0.2) is 108 Å². The fraction of sp³-hybridized carbons (Fsp3) is 0.640. The minimum Gasteiger partial charge on any atom is -0.497 e. The molecule has 0 unspecified atom stereocenters. The zero-order valence-electron chi connectivity index (χ0n) is 21.4. The lowest BCUT2D eigenvalue weighted by Gasteiger charge is -2.38. The van der Waals surface area contributed by atoms with Crippen molar-refractivity contribution < 1.29 is 23.6 Å². The van der Waals surface area contributed by atoms with E-state index in [9.17, 15) is 9.59 Å². The Morgan fingerprint density at radius 2 is 1.92 bits per heavy atom. The van der Waals surface area contributed by atoms with Crippen LogP contribution in [0, 0.1) is 0 Å². The fourth-order valence-electron chi connectivity index (χ4n) is 5.19. The molecule has 36 heavy (non-hydrogen) atoms. The number of fused-ring (bicyclic) bond motifs is 1. The second kappa shape index (κ2) is 10.0. The highest BCUT2D eigenvalue weighted by molar-refractivity contribution is 7.99. The number of aromatic nitrogens is 1. The number of hydrogen-bond acceptors (Lipinski definition) is 9. The fourth-order valence-corrected chi connectivity index (χ4v) is 6.15. The van der Waals surface area contributed by atoms with E-state index in [4.69, 9.17) is 14.0 Å². The smallest absolute Gasteiger partial charge is 0.411 e. The predicted octanol–water partition coefficient (Wildman–Crippen LogP) is 2.87. The van der Waals surface area contributed by atoms with Crippen LogP contribution in [-0.2, 0) is 9.53 Å². The number of carbonyl (C=O) groups excluding carboxylic acids is 2. The predicted molar refractivity (Wildman–Crippen MR) is 139 cm³/mol. The number of anilines is 1. The molecule has 3 aliphatic rings. The average molecular weight is 518 g/mol. The Kier molecular flexibility index (Phi) is 6.95. The Hall–Kier alpha value is -2.66. The highest BCUT2D eigenvalue weighted by Gasteiger charge is 2.45. The number of methoxy groups -OCH3 is 1. The van der Waals surface area contributed by atoms with Crippen molar-refractivity contribution in [1.29, 1.82) is 0 Å². The van der Waals surface area contributed by atoms with Gasteiger partial charge < -0.3 is 23.8 Å². The molecule has 2 amide bonds. The van der Waals surface area contributed by atoms with Crippen molar-refractivity contribution in [3.63, 3.8) is 0 Å². The first-order valence-electron chi connectivity index (χ1n) is 12.5. The van der Waals surface area contributed by atoms with E-state index in [2.05, 4.69) is 15.0 Å². The molecule has 0 aliphatic carbocycles. The summed E-state index contributed by atoms with van der Waals surface area (Å²) in [6.45, 7) is 9.99. The van der Waals surface area contributed by atoms with Crippen LogP contribution in [0.1, 0.15) is 27.2 Å². The number of amides is 2. The van der Waals surface area contributed by atoms with Crippen LogP contribution in [0.5, 0.6) is 5.75 Å². The normalized spacial score (nSPS) is 23.5. The Morgan fingerprint density at radius 1 is 1.14 bits per heavy atom. The average Bonchev–Trinajstić information content (AvgIpc) is 3.62. The third-order valence-electron chi connectivity index (χ3n) is 7.04. The van der Waals surface area contributed by atoms with Crippen molar-refractivity contribution in [2.24, 2.45) is 0 Å². The van der Waals surface area contributed by atoms with Gasteiger partial charge >= 0.3 is 6.09 Å². The molecule has 196 valence electrons. The maximum Gasteiger partial charge on any atom is 0.411 e. The van der Waals surface area contributed by atoms with Crippen LogP contribution in [0.2, 0.25) is 0 Å². The summed E-state index contributed by atoms with van der Waals surface area (Å²) in [6, 6.07) is 5.33. The Labute approximate surface area is 215 Å². The summed E-state index contributed by atoms with van der Waals surface area (Å²) in [5, 5.41) is 5.26. The standard InChI is InChI=1S/C25H35N5O5S/c1-25(2,3)34-24(32)30-15-17(13-20(30)23(31)29-11-12-36-16-29)27-7-9-28(10-8-27)22-19-14-18(33-4)5-6-21(19)35-26-22/h5-6,14,17,20H,7-13,15-16H2,1-4H3/t17-,20-/m0/s1. The van der Waals surface area contributed by atoms with Gasteiger partial charge in [0.15, 0.2) is 11.4 Å². The number of ether oxygens (including phenoxy) is 2. The highest BCUT2D eigenvalue weighted by Crippen LogP contribution is 2.32. The Morgan fingerprint density at radius 3 is 2.58 bits per heavy atom. The van der Waals surface area contributed by atoms with Gasteiger partial charge in [0.05, 0.1) is 18.4 Å². The van der Waals surface area contributed by atoms with Crippen molar-refractivity contribution >= 4 is 40.5 Å². The van der Waals surface area contributed by atoms with Gasteiger partial charge in [-0.3, -0.25) is 14.6 Å². The quantitative estimate of drug-likeness (QED) is 0.607. The van der Waals surface area contributed by atoms with Crippen molar-refractivity contribution in [1.82, 2.24) is 19.9 Å². The van der Waals surface area contributed by atoms with Crippen LogP contribution >= 0.6 is 11.8 Å². The highest BCUT2D eigenvalue weighted by atomic mass is 32.2. The van der Waals surface area contributed by atoms with Gasteiger partial charge in [-0.1, -0.05) is 5.16 Å². The lowest BCUT2D eigenvalue weighted by atomic mass is 10.1.